The topological polar surface area (TPSA) is 64.6 Å². The number of hydrogen-bond donors (Lipinski definition) is 1. The van der Waals surface area contributed by atoms with Gasteiger partial charge in [-0.2, -0.15) is 13.2 Å². The van der Waals surface area contributed by atoms with Crippen LogP contribution in [0.2, 0.25) is 0 Å². The van der Waals surface area contributed by atoms with Crippen molar-refractivity contribution in [2.75, 3.05) is 13.2 Å². The molecular formula is C30H28F3NO4S. The van der Waals surface area contributed by atoms with Crippen LogP contribution in [-0.4, -0.2) is 30.1 Å². The lowest BCUT2D eigenvalue weighted by atomic mass is 9.62. The Balaban J connectivity index is 1.93. The molecule has 1 saturated heterocycles. The highest BCUT2D eigenvalue weighted by atomic mass is 32.1. The summed E-state index contributed by atoms with van der Waals surface area (Å²) in [5.74, 6) is -1.49. The van der Waals surface area contributed by atoms with Gasteiger partial charge >= 0.3 is 12.1 Å². The van der Waals surface area contributed by atoms with Gasteiger partial charge in [0.2, 0.25) is 0 Å². The van der Waals surface area contributed by atoms with E-state index in [1.54, 1.807) is 19.1 Å². The Morgan fingerprint density at radius 3 is 2.13 bits per heavy atom. The summed E-state index contributed by atoms with van der Waals surface area (Å²) in [4.78, 5) is 27.9. The molecule has 0 saturated carbocycles. The van der Waals surface area contributed by atoms with E-state index >= 15 is 0 Å². The molecule has 1 amide bonds. The number of aryl methyl sites for hydroxylation is 1. The molecule has 3 aromatic rings. The largest absolute Gasteiger partial charge is 0.486 e. The first kappa shape index (κ1) is 28.3. The summed E-state index contributed by atoms with van der Waals surface area (Å²) in [6, 6.07) is 20.3. The minimum atomic E-state index is -4.56. The molecule has 1 heterocycles. The van der Waals surface area contributed by atoms with Crippen molar-refractivity contribution in [3.05, 3.63) is 107 Å². The van der Waals surface area contributed by atoms with Crippen molar-refractivity contribution in [2.24, 2.45) is 5.41 Å². The van der Waals surface area contributed by atoms with Gasteiger partial charge in [0.05, 0.1) is 24.2 Å². The highest BCUT2D eigenvalue weighted by molar-refractivity contribution is 7.80. The number of thiocarbonyl (C=S) groups is 1. The summed E-state index contributed by atoms with van der Waals surface area (Å²) < 4.78 is 50.9. The first-order valence-corrected chi connectivity index (χ1v) is 12.9. The zero-order valence-corrected chi connectivity index (χ0v) is 22.3. The first-order valence-electron chi connectivity index (χ1n) is 12.5. The van der Waals surface area contributed by atoms with Gasteiger partial charge in [-0.15, -0.1) is 0 Å². The van der Waals surface area contributed by atoms with E-state index in [-0.39, 0.29) is 30.2 Å². The Labute approximate surface area is 230 Å². The van der Waals surface area contributed by atoms with E-state index in [1.165, 1.54) is 0 Å². The van der Waals surface area contributed by atoms with E-state index in [9.17, 15) is 22.8 Å². The smallest absolute Gasteiger partial charge is 0.416 e. The van der Waals surface area contributed by atoms with Crippen molar-refractivity contribution >= 4 is 29.1 Å². The number of esters is 1. The van der Waals surface area contributed by atoms with Crippen LogP contribution in [0.15, 0.2) is 78.9 Å². The van der Waals surface area contributed by atoms with Crippen molar-refractivity contribution in [3.63, 3.8) is 0 Å². The minimum Gasteiger partial charge on any atom is -0.486 e. The quantitative estimate of drug-likeness (QED) is 0.266. The fraction of sp³-hybridized carbons (Fsp3) is 0.300. The van der Waals surface area contributed by atoms with E-state index in [2.05, 4.69) is 5.32 Å². The number of amides is 1. The zero-order valence-electron chi connectivity index (χ0n) is 21.5. The minimum absolute atomic E-state index is 0.0254. The van der Waals surface area contributed by atoms with Gasteiger partial charge < -0.3 is 14.8 Å². The molecule has 0 spiro atoms. The average Bonchev–Trinajstić information content (AvgIpc) is 3.28. The lowest BCUT2D eigenvalue weighted by Gasteiger charge is -2.46. The van der Waals surface area contributed by atoms with Crippen LogP contribution in [0, 0.1) is 12.3 Å². The summed E-state index contributed by atoms with van der Waals surface area (Å²) in [7, 11) is 0. The van der Waals surface area contributed by atoms with Gasteiger partial charge in [-0.1, -0.05) is 60.2 Å². The van der Waals surface area contributed by atoms with Crippen LogP contribution in [0.25, 0.3) is 0 Å². The first-order chi connectivity index (χ1) is 18.5. The SMILES string of the molecule is CCOC(=O)C(NC(=O)c1ccc(C(F)(F)F)cc1)(c1ccc(C)cc1)C1(Cc2ccccc2)CCOC1=S. The van der Waals surface area contributed by atoms with E-state index in [0.29, 0.717) is 12.0 Å². The molecule has 9 heteroatoms. The number of alkyl halides is 3. The van der Waals surface area contributed by atoms with Gasteiger partial charge in [0.25, 0.3) is 5.91 Å². The van der Waals surface area contributed by atoms with Crippen LogP contribution < -0.4 is 5.32 Å². The van der Waals surface area contributed by atoms with E-state index in [4.69, 9.17) is 21.7 Å². The lowest BCUT2D eigenvalue weighted by molar-refractivity contribution is -0.156. The van der Waals surface area contributed by atoms with Crippen molar-refractivity contribution in [2.45, 2.75) is 38.4 Å². The van der Waals surface area contributed by atoms with Gasteiger partial charge in [0.15, 0.2) is 10.6 Å². The molecule has 0 aromatic heterocycles. The highest BCUT2D eigenvalue weighted by Crippen LogP contribution is 2.51. The molecule has 0 bridgehead atoms. The highest BCUT2D eigenvalue weighted by Gasteiger charge is 2.64. The third-order valence-electron chi connectivity index (χ3n) is 7.06. The summed E-state index contributed by atoms with van der Waals surface area (Å²) in [6.07, 6.45) is -4.02. The zero-order chi connectivity index (χ0) is 28.3. The standard InChI is InChI=1S/C30H28F3NO4S/c1-3-37-26(36)29(23-13-9-20(2)10-14-23,34-25(35)22-11-15-24(16-12-22)30(31,32)33)28(17-18-38-27(28)39)19-21-7-5-4-6-8-21/h4-16H,3,17-19H2,1-2H3,(H,34,35). The molecule has 1 fully saturated rings. The van der Waals surface area contributed by atoms with Gasteiger partial charge in [-0.05, 0) is 74.3 Å². The Morgan fingerprint density at radius 2 is 1.59 bits per heavy atom. The second-order valence-electron chi connectivity index (χ2n) is 9.50. The Bertz CT molecular complexity index is 1340. The molecule has 39 heavy (non-hydrogen) atoms. The number of halogens is 3. The van der Waals surface area contributed by atoms with Crippen LogP contribution >= 0.6 is 12.2 Å². The van der Waals surface area contributed by atoms with Gasteiger partial charge in [-0.3, -0.25) is 4.79 Å². The van der Waals surface area contributed by atoms with Crippen molar-refractivity contribution < 1.29 is 32.2 Å². The molecule has 0 aliphatic carbocycles. The second-order valence-corrected chi connectivity index (χ2v) is 9.87. The molecule has 4 rings (SSSR count). The predicted molar refractivity (Wildman–Crippen MR) is 144 cm³/mol. The molecule has 1 aliphatic heterocycles. The van der Waals surface area contributed by atoms with Crippen molar-refractivity contribution in [1.82, 2.24) is 5.32 Å². The van der Waals surface area contributed by atoms with Crippen LogP contribution in [0.1, 0.15) is 46.0 Å². The molecule has 0 radical (unpaired) electrons. The average molecular weight is 556 g/mol. The molecule has 2 unspecified atom stereocenters. The molecular weight excluding hydrogens is 527 g/mol. The summed E-state index contributed by atoms with van der Waals surface area (Å²) in [6.45, 7) is 3.79. The third kappa shape index (κ3) is 5.41. The van der Waals surface area contributed by atoms with Crippen molar-refractivity contribution in [3.8, 4) is 0 Å². The summed E-state index contributed by atoms with van der Waals surface area (Å²) >= 11 is 5.75. The Kier molecular flexibility index (Phi) is 8.11. The Morgan fingerprint density at radius 1 is 0.974 bits per heavy atom. The number of rotatable bonds is 8. The number of carbonyl (C=O) groups is 2. The summed E-state index contributed by atoms with van der Waals surface area (Å²) in [5.41, 5.74) is -1.82. The van der Waals surface area contributed by atoms with Crippen LogP contribution in [0.3, 0.4) is 0 Å². The summed E-state index contributed by atoms with van der Waals surface area (Å²) in [5, 5.41) is 3.04. The van der Waals surface area contributed by atoms with Crippen LogP contribution in [0.4, 0.5) is 13.2 Å². The number of benzene rings is 3. The van der Waals surface area contributed by atoms with Gasteiger partial charge in [0.1, 0.15) is 0 Å². The fourth-order valence-corrected chi connectivity index (χ4v) is 5.48. The molecule has 1 N–H and O–H groups in total. The van der Waals surface area contributed by atoms with E-state index in [1.807, 2.05) is 49.4 Å². The Hall–Kier alpha value is -3.72. The maximum absolute atomic E-state index is 14.1. The molecule has 204 valence electrons. The normalized spacial score (nSPS) is 18.6. The van der Waals surface area contributed by atoms with E-state index < -0.39 is 34.6 Å². The van der Waals surface area contributed by atoms with E-state index in [0.717, 1.165) is 35.4 Å². The molecule has 2 atom stereocenters. The third-order valence-corrected chi connectivity index (χ3v) is 7.57. The maximum atomic E-state index is 14.1. The monoisotopic (exact) mass is 555 g/mol. The number of ether oxygens (including phenoxy) is 2. The van der Waals surface area contributed by atoms with Gasteiger partial charge in [0, 0.05) is 5.56 Å². The predicted octanol–water partition coefficient (Wildman–Crippen LogP) is 6.18. The molecule has 1 aliphatic rings. The maximum Gasteiger partial charge on any atom is 0.416 e. The van der Waals surface area contributed by atoms with Gasteiger partial charge in [-0.25, -0.2) is 4.79 Å². The number of hydrogen-bond acceptors (Lipinski definition) is 5. The molecule has 5 nitrogen and oxygen atoms in total. The van der Waals surface area contributed by atoms with Crippen molar-refractivity contribution in [1.29, 1.82) is 0 Å². The number of carbonyl (C=O) groups excluding carboxylic acids is 2. The van der Waals surface area contributed by atoms with Crippen LogP contribution in [0.5, 0.6) is 0 Å². The second kappa shape index (κ2) is 11.2. The number of nitrogens with one attached hydrogen (secondary N) is 1. The molecule has 3 aromatic carbocycles. The fourth-order valence-electron chi connectivity index (χ4n) is 5.06. The lowest BCUT2D eigenvalue weighted by Crippen LogP contribution is -2.65. The van der Waals surface area contributed by atoms with Crippen LogP contribution in [-0.2, 0) is 32.4 Å².